The van der Waals surface area contributed by atoms with Gasteiger partial charge >= 0.3 is 6.01 Å². The van der Waals surface area contributed by atoms with E-state index in [4.69, 9.17) is 10.5 Å². The molecule has 1 heterocycles. The summed E-state index contributed by atoms with van der Waals surface area (Å²) >= 11 is 0. The molecule has 78 valence electrons. The van der Waals surface area contributed by atoms with E-state index in [-0.39, 0.29) is 0 Å². The highest BCUT2D eigenvalue weighted by atomic mass is 16.5. The largest absolute Gasteiger partial charge is 0.421 e. The van der Waals surface area contributed by atoms with Crippen molar-refractivity contribution < 1.29 is 4.74 Å². The third-order valence-corrected chi connectivity index (χ3v) is 2.02. The third-order valence-electron chi connectivity index (χ3n) is 2.02. The lowest BCUT2D eigenvalue weighted by molar-refractivity contribution is 0.414. The van der Waals surface area contributed by atoms with Gasteiger partial charge in [-0.2, -0.15) is 4.68 Å². The quantitative estimate of drug-likeness (QED) is 0.736. The molecule has 0 aliphatic rings. The number of ether oxygens (including phenoxy) is 1. The molecule has 0 bridgehead atoms. The minimum Gasteiger partial charge on any atom is -0.421 e. The normalized spacial score (nSPS) is 10.3. The van der Waals surface area contributed by atoms with E-state index >= 15 is 0 Å². The topological polar surface area (TPSA) is 78.8 Å². The van der Waals surface area contributed by atoms with Crippen molar-refractivity contribution in [3.63, 3.8) is 0 Å². The van der Waals surface area contributed by atoms with E-state index in [0.717, 1.165) is 5.56 Å². The van der Waals surface area contributed by atoms with Gasteiger partial charge in [0.25, 0.3) is 0 Å². The second-order valence-corrected chi connectivity index (χ2v) is 3.18. The highest BCUT2D eigenvalue weighted by Crippen LogP contribution is 2.28. The summed E-state index contributed by atoms with van der Waals surface area (Å²) in [6.07, 6.45) is 0. The van der Waals surface area contributed by atoms with Crippen LogP contribution in [0.3, 0.4) is 0 Å². The Kier molecular flexibility index (Phi) is 2.24. The zero-order valence-corrected chi connectivity index (χ0v) is 8.51. The molecular formula is C9H11N5O. The fourth-order valence-corrected chi connectivity index (χ4v) is 1.21. The number of tetrazole rings is 1. The van der Waals surface area contributed by atoms with Crippen LogP contribution in [0.4, 0.5) is 5.69 Å². The average molecular weight is 205 g/mol. The summed E-state index contributed by atoms with van der Waals surface area (Å²) in [4.78, 5) is 0. The maximum Gasteiger partial charge on any atom is 0.340 e. The first-order chi connectivity index (χ1) is 7.18. The Bertz CT molecular complexity index is 459. The van der Waals surface area contributed by atoms with Gasteiger partial charge in [-0.3, -0.25) is 0 Å². The van der Waals surface area contributed by atoms with Crippen molar-refractivity contribution in [2.24, 2.45) is 7.05 Å². The summed E-state index contributed by atoms with van der Waals surface area (Å²) in [5, 5.41) is 10.9. The second-order valence-electron chi connectivity index (χ2n) is 3.18. The van der Waals surface area contributed by atoms with Crippen LogP contribution in [-0.2, 0) is 7.05 Å². The van der Waals surface area contributed by atoms with E-state index in [1.165, 1.54) is 4.68 Å². The molecule has 0 saturated heterocycles. The van der Waals surface area contributed by atoms with E-state index in [1.807, 2.05) is 19.1 Å². The monoisotopic (exact) mass is 205 g/mol. The summed E-state index contributed by atoms with van der Waals surface area (Å²) in [5.41, 5.74) is 7.30. The van der Waals surface area contributed by atoms with Crippen molar-refractivity contribution in [3.05, 3.63) is 23.8 Å². The van der Waals surface area contributed by atoms with Crippen molar-refractivity contribution in [3.8, 4) is 11.8 Å². The van der Waals surface area contributed by atoms with Gasteiger partial charge in [-0.1, -0.05) is 17.2 Å². The van der Waals surface area contributed by atoms with Gasteiger partial charge in [-0.05, 0) is 29.0 Å². The summed E-state index contributed by atoms with van der Waals surface area (Å²) in [7, 11) is 1.70. The Labute approximate surface area is 86.7 Å². The molecule has 0 aliphatic carbocycles. The number of rotatable bonds is 2. The zero-order valence-electron chi connectivity index (χ0n) is 8.51. The fourth-order valence-electron chi connectivity index (χ4n) is 1.21. The maximum atomic E-state index is 5.79. The Morgan fingerprint density at radius 2 is 2.20 bits per heavy atom. The van der Waals surface area contributed by atoms with Gasteiger partial charge in [0.2, 0.25) is 0 Å². The number of anilines is 1. The molecular weight excluding hydrogens is 194 g/mol. The van der Waals surface area contributed by atoms with Gasteiger partial charge in [0, 0.05) is 7.05 Å². The highest BCUT2D eigenvalue weighted by molar-refractivity contribution is 5.57. The maximum absolute atomic E-state index is 5.79. The van der Waals surface area contributed by atoms with Crippen molar-refractivity contribution in [2.75, 3.05) is 5.73 Å². The molecule has 0 amide bonds. The number of hydrogen-bond acceptors (Lipinski definition) is 5. The van der Waals surface area contributed by atoms with Crippen LogP contribution in [0.2, 0.25) is 0 Å². The summed E-state index contributed by atoms with van der Waals surface area (Å²) < 4.78 is 6.95. The molecule has 0 radical (unpaired) electrons. The Morgan fingerprint density at radius 3 is 2.80 bits per heavy atom. The summed E-state index contributed by atoms with van der Waals surface area (Å²) in [6.45, 7) is 1.91. The van der Waals surface area contributed by atoms with Crippen LogP contribution in [0.15, 0.2) is 18.2 Å². The lowest BCUT2D eigenvalue weighted by Gasteiger charge is -2.08. The number of benzene rings is 1. The molecule has 0 fully saturated rings. The SMILES string of the molecule is Cc1cccc(N)c1Oc1nnnn1C. The molecule has 2 N–H and O–H groups in total. The first-order valence-electron chi connectivity index (χ1n) is 4.44. The van der Waals surface area contributed by atoms with Gasteiger partial charge in [-0.25, -0.2) is 0 Å². The average Bonchev–Trinajstić information content (AvgIpc) is 2.58. The minimum atomic E-state index is 0.316. The molecule has 15 heavy (non-hydrogen) atoms. The smallest absolute Gasteiger partial charge is 0.340 e. The lowest BCUT2D eigenvalue weighted by Crippen LogP contribution is -1.99. The molecule has 1 aromatic heterocycles. The van der Waals surface area contributed by atoms with Gasteiger partial charge in [0.1, 0.15) is 0 Å². The van der Waals surface area contributed by atoms with Crippen LogP contribution >= 0.6 is 0 Å². The first-order valence-corrected chi connectivity index (χ1v) is 4.44. The van der Waals surface area contributed by atoms with Crippen molar-refractivity contribution in [1.82, 2.24) is 20.2 Å². The van der Waals surface area contributed by atoms with E-state index in [0.29, 0.717) is 17.4 Å². The fraction of sp³-hybridized carbons (Fsp3) is 0.222. The second kappa shape index (κ2) is 3.56. The number of aryl methyl sites for hydroxylation is 2. The molecule has 0 atom stereocenters. The standard InChI is InChI=1S/C9H11N5O/c1-6-4-3-5-7(10)8(6)15-9-11-12-13-14(9)2/h3-5H,10H2,1-2H3. The molecule has 1 aromatic carbocycles. The molecule has 6 nitrogen and oxygen atoms in total. The van der Waals surface area contributed by atoms with Gasteiger partial charge < -0.3 is 10.5 Å². The highest BCUT2D eigenvalue weighted by Gasteiger charge is 2.09. The van der Waals surface area contributed by atoms with Gasteiger partial charge in [-0.15, -0.1) is 0 Å². The van der Waals surface area contributed by atoms with Crippen LogP contribution in [-0.4, -0.2) is 20.2 Å². The van der Waals surface area contributed by atoms with E-state index < -0.39 is 0 Å². The van der Waals surface area contributed by atoms with Crippen LogP contribution < -0.4 is 10.5 Å². The number of nitrogens with zero attached hydrogens (tertiary/aromatic N) is 4. The van der Waals surface area contributed by atoms with Gasteiger partial charge in [0.05, 0.1) is 5.69 Å². The molecule has 0 aliphatic heterocycles. The Morgan fingerprint density at radius 1 is 1.40 bits per heavy atom. The number of para-hydroxylation sites is 1. The van der Waals surface area contributed by atoms with Crippen LogP contribution in [0, 0.1) is 6.92 Å². The molecule has 0 unspecified atom stereocenters. The van der Waals surface area contributed by atoms with Gasteiger partial charge in [0.15, 0.2) is 5.75 Å². The minimum absolute atomic E-state index is 0.316. The molecule has 0 saturated carbocycles. The van der Waals surface area contributed by atoms with Crippen LogP contribution in [0.5, 0.6) is 11.8 Å². The van der Waals surface area contributed by atoms with E-state index in [9.17, 15) is 0 Å². The zero-order chi connectivity index (χ0) is 10.8. The van der Waals surface area contributed by atoms with Crippen LogP contribution in [0.25, 0.3) is 0 Å². The number of nitrogen functional groups attached to an aromatic ring is 1. The number of hydrogen-bond donors (Lipinski definition) is 1. The Hall–Kier alpha value is -2.11. The first kappa shape index (κ1) is 9.45. The molecule has 0 spiro atoms. The Balaban J connectivity index is 2.36. The van der Waals surface area contributed by atoms with Crippen molar-refractivity contribution in [2.45, 2.75) is 6.92 Å². The summed E-state index contributed by atoms with van der Waals surface area (Å²) in [6, 6.07) is 5.87. The van der Waals surface area contributed by atoms with E-state index in [1.54, 1.807) is 13.1 Å². The number of nitrogens with two attached hydrogens (primary N) is 1. The van der Waals surface area contributed by atoms with Crippen molar-refractivity contribution in [1.29, 1.82) is 0 Å². The lowest BCUT2D eigenvalue weighted by atomic mass is 10.2. The predicted octanol–water partition coefficient (Wildman–Crippen LogP) is 0.893. The number of aromatic nitrogens is 4. The molecule has 2 aromatic rings. The van der Waals surface area contributed by atoms with Crippen molar-refractivity contribution >= 4 is 5.69 Å². The van der Waals surface area contributed by atoms with Crippen LogP contribution in [0.1, 0.15) is 5.56 Å². The third kappa shape index (κ3) is 1.74. The van der Waals surface area contributed by atoms with E-state index in [2.05, 4.69) is 15.5 Å². The predicted molar refractivity (Wildman–Crippen MR) is 54.5 cm³/mol. The molecule has 6 heteroatoms. The summed E-state index contributed by atoms with van der Waals surface area (Å²) in [5.74, 6) is 0.593. The molecule has 2 rings (SSSR count).